The van der Waals surface area contributed by atoms with Crippen LogP contribution in [0.4, 0.5) is 0 Å². The lowest BCUT2D eigenvalue weighted by molar-refractivity contribution is 0.0949. The fourth-order valence-corrected chi connectivity index (χ4v) is 1.96. The number of carbonyl (C=O) groups excluding carboxylic acids is 1. The summed E-state index contributed by atoms with van der Waals surface area (Å²) in [6.07, 6.45) is 3.37. The lowest BCUT2D eigenvalue weighted by Crippen LogP contribution is -2.30. The van der Waals surface area contributed by atoms with E-state index in [0.29, 0.717) is 12.2 Å². The largest absolute Gasteiger partial charge is 0.351 e. The molecule has 0 aliphatic rings. The van der Waals surface area contributed by atoms with Gasteiger partial charge in [0, 0.05) is 24.2 Å². The van der Waals surface area contributed by atoms with Crippen LogP contribution in [0.15, 0.2) is 36.5 Å². The highest BCUT2D eigenvalue weighted by Crippen LogP contribution is 2.15. The third-order valence-electron chi connectivity index (χ3n) is 3.21. The fraction of sp³-hybridized carbons (Fsp3) is 0.333. The number of nitrogens with two attached hydrogens (primary N) is 1. The quantitative estimate of drug-likeness (QED) is 0.861. The Kier molecular flexibility index (Phi) is 4.47. The molecule has 1 aromatic carbocycles. The zero-order chi connectivity index (χ0) is 13.7. The Labute approximate surface area is 113 Å². The van der Waals surface area contributed by atoms with E-state index in [9.17, 15) is 4.79 Å². The number of rotatable bonds is 5. The highest BCUT2D eigenvalue weighted by atomic mass is 16.1. The van der Waals surface area contributed by atoms with E-state index in [4.69, 9.17) is 5.73 Å². The molecular formula is C15H19N3O. The van der Waals surface area contributed by atoms with Gasteiger partial charge in [-0.25, -0.2) is 0 Å². The van der Waals surface area contributed by atoms with Crippen LogP contribution in [-0.2, 0) is 0 Å². The Morgan fingerprint density at radius 1 is 1.37 bits per heavy atom. The van der Waals surface area contributed by atoms with Crippen LogP contribution < -0.4 is 11.1 Å². The summed E-state index contributed by atoms with van der Waals surface area (Å²) < 4.78 is 0. The van der Waals surface area contributed by atoms with Crippen molar-refractivity contribution in [3.05, 3.63) is 42.2 Å². The Morgan fingerprint density at radius 2 is 2.16 bits per heavy atom. The summed E-state index contributed by atoms with van der Waals surface area (Å²) in [5, 5.41) is 4.77. The van der Waals surface area contributed by atoms with Gasteiger partial charge in [0.1, 0.15) is 5.69 Å². The van der Waals surface area contributed by atoms with Gasteiger partial charge in [-0.3, -0.25) is 9.78 Å². The molecule has 1 aromatic heterocycles. The van der Waals surface area contributed by atoms with Crippen molar-refractivity contribution in [1.82, 2.24) is 10.3 Å². The monoisotopic (exact) mass is 257 g/mol. The molecule has 0 fully saturated rings. The van der Waals surface area contributed by atoms with E-state index in [0.717, 1.165) is 23.6 Å². The number of hydrogen-bond acceptors (Lipinski definition) is 3. The summed E-state index contributed by atoms with van der Waals surface area (Å²) in [4.78, 5) is 16.3. The van der Waals surface area contributed by atoms with Crippen LogP contribution in [0.25, 0.3) is 10.8 Å². The molecule has 4 nitrogen and oxygen atoms in total. The van der Waals surface area contributed by atoms with E-state index >= 15 is 0 Å². The molecule has 1 atom stereocenters. The van der Waals surface area contributed by atoms with E-state index < -0.39 is 0 Å². The van der Waals surface area contributed by atoms with Crippen molar-refractivity contribution in [3.8, 4) is 0 Å². The number of hydrogen-bond donors (Lipinski definition) is 2. The highest BCUT2D eigenvalue weighted by Gasteiger charge is 2.11. The molecule has 3 N–H and O–H groups in total. The van der Waals surface area contributed by atoms with Gasteiger partial charge in [-0.05, 0) is 24.3 Å². The molecule has 100 valence electrons. The topological polar surface area (TPSA) is 68.0 Å². The fourth-order valence-electron chi connectivity index (χ4n) is 1.96. The summed E-state index contributed by atoms with van der Waals surface area (Å²) in [5.74, 6) is -0.139. The first kappa shape index (κ1) is 13.5. The predicted octanol–water partition coefficient (Wildman–Crippen LogP) is 2.09. The van der Waals surface area contributed by atoms with E-state index in [1.54, 1.807) is 6.20 Å². The lowest BCUT2D eigenvalue weighted by Gasteiger charge is -2.10. The minimum Gasteiger partial charge on any atom is -0.351 e. The second kappa shape index (κ2) is 6.29. The van der Waals surface area contributed by atoms with Gasteiger partial charge in [0.25, 0.3) is 5.91 Å². The van der Waals surface area contributed by atoms with Crippen molar-refractivity contribution in [1.29, 1.82) is 0 Å². The van der Waals surface area contributed by atoms with Gasteiger partial charge in [0.05, 0.1) is 0 Å². The Bertz CT molecular complexity index is 563. The number of aromatic nitrogens is 1. The summed E-state index contributed by atoms with van der Waals surface area (Å²) in [6.45, 7) is 2.62. The maximum absolute atomic E-state index is 12.1. The first-order valence-electron chi connectivity index (χ1n) is 6.60. The first-order chi connectivity index (χ1) is 9.22. The van der Waals surface area contributed by atoms with Crippen LogP contribution in [0.2, 0.25) is 0 Å². The molecule has 0 saturated heterocycles. The summed E-state index contributed by atoms with van der Waals surface area (Å²) in [6, 6.07) is 9.79. The maximum Gasteiger partial charge on any atom is 0.270 e. The number of carbonyl (C=O) groups is 1. The lowest BCUT2D eigenvalue weighted by atomic mass is 10.1. The van der Waals surface area contributed by atoms with Gasteiger partial charge in [-0.1, -0.05) is 31.2 Å². The number of amides is 1. The number of pyridine rings is 1. The Morgan fingerprint density at radius 3 is 2.95 bits per heavy atom. The Balaban J connectivity index is 2.09. The third kappa shape index (κ3) is 3.29. The van der Waals surface area contributed by atoms with Crippen LogP contribution in [-0.4, -0.2) is 23.5 Å². The van der Waals surface area contributed by atoms with Crippen molar-refractivity contribution in [2.24, 2.45) is 5.73 Å². The van der Waals surface area contributed by atoms with Gasteiger partial charge in [-0.2, -0.15) is 0 Å². The zero-order valence-electron chi connectivity index (χ0n) is 11.1. The second-order valence-electron chi connectivity index (χ2n) is 4.59. The molecule has 1 heterocycles. The number of nitrogens with one attached hydrogen (secondary N) is 1. The Hall–Kier alpha value is -1.94. The summed E-state index contributed by atoms with van der Waals surface area (Å²) >= 11 is 0. The molecule has 1 amide bonds. The number of fused-ring (bicyclic) bond motifs is 1. The van der Waals surface area contributed by atoms with Gasteiger partial charge in [0.15, 0.2) is 0 Å². The highest BCUT2D eigenvalue weighted by molar-refractivity contribution is 6.05. The molecule has 2 aromatic rings. The number of benzene rings is 1. The molecule has 4 heteroatoms. The standard InChI is InChI=1S/C15H19N3O/c1-2-12(16)8-10-18-15(19)14-13-6-4-3-5-11(13)7-9-17-14/h3-7,9,12H,2,8,10,16H2,1H3,(H,18,19). The van der Waals surface area contributed by atoms with E-state index in [1.807, 2.05) is 37.3 Å². The normalized spacial score (nSPS) is 12.3. The maximum atomic E-state index is 12.1. The average Bonchev–Trinajstić information content (AvgIpc) is 2.46. The van der Waals surface area contributed by atoms with Crippen LogP contribution >= 0.6 is 0 Å². The third-order valence-corrected chi connectivity index (χ3v) is 3.21. The molecule has 2 rings (SSSR count). The van der Waals surface area contributed by atoms with Gasteiger partial charge in [-0.15, -0.1) is 0 Å². The van der Waals surface area contributed by atoms with E-state index in [1.165, 1.54) is 0 Å². The molecule has 0 spiro atoms. The second-order valence-corrected chi connectivity index (χ2v) is 4.59. The SMILES string of the molecule is CCC(N)CCNC(=O)c1nccc2ccccc12. The minimum atomic E-state index is -0.139. The van der Waals surface area contributed by atoms with E-state index in [-0.39, 0.29) is 11.9 Å². The molecule has 0 radical (unpaired) electrons. The smallest absolute Gasteiger partial charge is 0.270 e. The van der Waals surface area contributed by atoms with Gasteiger partial charge >= 0.3 is 0 Å². The number of nitrogens with zero attached hydrogens (tertiary/aromatic N) is 1. The molecule has 0 bridgehead atoms. The molecule has 19 heavy (non-hydrogen) atoms. The van der Waals surface area contributed by atoms with Crippen LogP contribution in [0.5, 0.6) is 0 Å². The zero-order valence-corrected chi connectivity index (χ0v) is 11.1. The van der Waals surface area contributed by atoms with Crippen LogP contribution in [0.3, 0.4) is 0 Å². The molecule has 0 aliphatic heterocycles. The molecule has 0 saturated carbocycles. The van der Waals surface area contributed by atoms with Gasteiger partial charge in [0.2, 0.25) is 0 Å². The van der Waals surface area contributed by atoms with Gasteiger partial charge < -0.3 is 11.1 Å². The van der Waals surface area contributed by atoms with Crippen molar-refractivity contribution >= 4 is 16.7 Å². The average molecular weight is 257 g/mol. The molecular weight excluding hydrogens is 238 g/mol. The minimum absolute atomic E-state index is 0.139. The molecule has 0 aliphatic carbocycles. The van der Waals surface area contributed by atoms with Crippen LogP contribution in [0, 0.1) is 0 Å². The first-order valence-corrected chi connectivity index (χ1v) is 6.60. The van der Waals surface area contributed by atoms with Crippen molar-refractivity contribution in [2.75, 3.05) is 6.54 Å². The van der Waals surface area contributed by atoms with E-state index in [2.05, 4.69) is 10.3 Å². The van der Waals surface area contributed by atoms with Crippen molar-refractivity contribution in [3.63, 3.8) is 0 Å². The van der Waals surface area contributed by atoms with Crippen LogP contribution in [0.1, 0.15) is 30.3 Å². The van der Waals surface area contributed by atoms with Crippen molar-refractivity contribution in [2.45, 2.75) is 25.8 Å². The molecule has 1 unspecified atom stereocenters. The summed E-state index contributed by atoms with van der Waals surface area (Å²) in [7, 11) is 0. The summed E-state index contributed by atoms with van der Waals surface area (Å²) in [5.41, 5.74) is 6.30. The predicted molar refractivity (Wildman–Crippen MR) is 77.0 cm³/mol. The van der Waals surface area contributed by atoms with Crippen molar-refractivity contribution < 1.29 is 4.79 Å².